The first-order valence-corrected chi connectivity index (χ1v) is 13.4. The van der Waals surface area contributed by atoms with Crippen molar-refractivity contribution in [3.05, 3.63) is 47.5 Å². The van der Waals surface area contributed by atoms with E-state index in [1.165, 1.54) is 11.8 Å². The molecule has 2 atom stereocenters. The molecule has 2 saturated heterocycles. The van der Waals surface area contributed by atoms with Crippen LogP contribution in [-0.4, -0.2) is 68.2 Å². The monoisotopic (exact) mass is 504 g/mol. The van der Waals surface area contributed by atoms with Crippen molar-refractivity contribution in [2.45, 2.75) is 24.3 Å². The standard InChI is InChI=1S/C23H24N2O7S2/c1-29-17-5-3-14(7-19(17)30-2)9-22(26)24-23-25(16-11-34(27,28)12-21(16)33-23)10-15-4-6-18-20(8-15)32-13-31-18/h3-8,16,21H,9-13H2,1-2H3/t16-,21-/m0/s1. The lowest BCUT2D eigenvalue weighted by molar-refractivity contribution is -0.117. The zero-order valence-electron chi connectivity index (χ0n) is 18.7. The van der Waals surface area contributed by atoms with Crippen molar-refractivity contribution < 1.29 is 32.2 Å². The molecule has 0 radical (unpaired) electrons. The fraction of sp³-hybridized carbons (Fsp3) is 0.391. The molecule has 0 spiro atoms. The Kier molecular flexibility index (Phi) is 6.07. The first kappa shape index (κ1) is 22.9. The molecule has 0 aliphatic carbocycles. The average Bonchev–Trinajstić information content (AvgIpc) is 3.46. The van der Waals surface area contributed by atoms with E-state index in [1.807, 2.05) is 23.1 Å². The Bertz CT molecular complexity index is 1260. The molecule has 3 aliphatic rings. The highest BCUT2D eigenvalue weighted by atomic mass is 32.2. The van der Waals surface area contributed by atoms with Crippen LogP contribution in [0.25, 0.3) is 0 Å². The number of nitrogens with zero attached hydrogens (tertiary/aromatic N) is 2. The number of ether oxygens (including phenoxy) is 4. The Labute approximate surface area is 202 Å². The molecule has 0 unspecified atom stereocenters. The van der Waals surface area contributed by atoms with Crippen LogP contribution >= 0.6 is 11.8 Å². The lowest BCUT2D eigenvalue weighted by atomic mass is 10.1. The second-order valence-electron chi connectivity index (χ2n) is 8.27. The van der Waals surface area contributed by atoms with E-state index in [0.717, 1.165) is 11.1 Å². The van der Waals surface area contributed by atoms with Gasteiger partial charge in [-0.15, -0.1) is 0 Å². The summed E-state index contributed by atoms with van der Waals surface area (Å²) in [5, 5.41) is 0.402. The summed E-state index contributed by atoms with van der Waals surface area (Å²) in [7, 11) is -0.0332. The van der Waals surface area contributed by atoms with E-state index in [2.05, 4.69) is 4.99 Å². The average molecular weight is 505 g/mol. The number of benzene rings is 2. The van der Waals surface area contributed by atoms with Crippen LogP contribution in [0.2, 0.25) is 0 Å². The number of amides is 1. The minimum atomic E-state index is -3.13. The summed E-state index contributed by atoms with van der Waals surface area (Å²) in [4.78, 5) is 19.2. The van der Waals surface area contributed by atoms with Gasteiger partial charge in [0.2, 0.25) is 6.79 Å². The molecule has 0 bridgehead atoms. The van der Waals surface area contributed by atoms with Crippen LogP contribution < -0.4 is 18.9 Å². The first-order valence-electron chi connectivity index (χ1n) is 10.7. The third-order valence-corrected chi connectivity index (χ3v) is 9.24. The van der Waals surface area contributed by atoms with Crippen molar-refractivity contribution in [2.75, 3.05) is 32.5 Å². The van der Waals surface area contributed by atoms with Gasteiger partial charge in [0.1, 0.15) is 0 Å². The number of sulfone groups is 1. The number of fused-ring (bicyclic) bond motifs is 2. The lowest BCUT2D eigenvalue weighted by Gasteiger charge is -2.24. The second-order valence-corrected chi connectivity index (χ2v) is 11.6. The highest BCUT2D eigenvalue weighted by Gasteiger charge is 2.48. The SMILES string of the molecule is COc1ccc(CC(=O)N=C2S[C@H]3CS(=O)(=O)C[C@@H]3N2Cc2ccc3c(c2)OCO3)cc1OC. The van der Waals surface area contributed by atoms with E-state index in [1.54, 1.807) is 32.4 Å². The van der Waals surface area contributed by atoms with Crippen LogP contribution in [-0.2, 0) is 27.6 Å². The molecular formula is C23H24N2O7S2. The number of amidine groups is 1. The number of carbonyl (C=O) groups excluding carboxylic acids is 1. The van der Waals surface area contributed by atoms with Crippen LogP contribution in [0.1, 0.15) is 11.1 Å². The number of hydrogen-bond donors (Lipinski definition) is 0. The van der Waals surface area contributed by atoms with Crippen molar-refractivity contribution in [1.29, 1.82) is 0 Å². The maximum atomic E-state index is 12.9. The summed E-state index contributed by atoms with van der Waals surface area (Å²) in [6.07, 6.45) is 0.0932. The van der Waals surface area contributed by atoms with Crippen LogP contribution in [0.4, 0.5) is 0 Å². The topological polar surface area (TPSA) is 104 Å². The molecule has 11 heteroatoms. The van der Waals surface area contributed by atoms with Crippen molar-refractivity contribution in [3.8, 4) is 23.0 Å². The van der Waals surface area contributed by atoms with E-state index >= 15 is 0 Å². The highest BCUT2D eigenvalue weighted by molar-refractivity contribution is 8.15. The zero-order chi connectivity index (χ0) is 23.9. The van der Waals surface area contributed by atoms with E-state index in [0.29, 0.717) is 34.7 Å². The summed E-state index contributed by atoms with van der Waals surface area (Å²) < 4.78 is 46.0. The minimum Gasteiger partial charge on any atom is -0.493 e. The van der Waals surface area contributed by atoms with Gasteiger partial charge in [-0.2, -0.15) is 4.99 Å². The smallest absolute Gasteiger partial charge is 0.252 e. The van der Waals surface area contributed by atoms with Crippen molar-refractivity contribution in [3.63, 3.8) is 0 Å². The van der Waals surface area contributed by atoms with Gasteiger partial charge in [0.05, 0.1) is 38.2 Å². The van der Waals surface area contributed by atoms with E-state index in [-0.39, 0.29) is 41.9 Å². The predicted molar refractivity (Wildman–Crippen MR) is 128 cm³/mol. The number of rotatable bonds is 6. The number of carbonyl (C=O) groups is 1. The summed E-state index contributed by atoms with van der Waals surface area (Å²) >= 11 is 1.36. The molecule has 180 valence electrons. The van der Waals surface area contributed by atoms with E-state index in [4.69, 9.17) is 18.9 Å². The van der Waals surface area contributed by atoms with Crippen molar-refractivity contribution in [1.82, 2.24) is 4.90 Å². The molecule has 34 heavy (non-hydrogen) atoms. The van der Waals surface area contributed by atoms with Gasteiger partial charge in [-0.3, -0.25) is 4.79 Å². The molecular weight excluding hydrogens is 480 g/mol. The largest absolute Gasteiger partial charge is 0.493 e. The molecule has 3 heterocycles. The Balaban J connectivity index is 1.38. The molecule has 1 amide bonds. The molecule has 0 saturated carbocycles. The van der Waals surface area contributed by atoms with E-state index in [9.17, 15) is 13.2 Å². The molecule has 2 fully saturated rings. The molecule has 2 aromatic carbocycles. The van der Waals surface area contributed by atoms with Gasteiger partial charge in [-0.1, -0.05) is 23.9 Å². The Morgan fingerprint density at radius 2 is 1.82 bits per heavy atom. The number of aliphatic imine (C=N–C) groups is 1. The van der Waals surface area contributed by atoms with Gasteiger partial charge in [0.15, 0.2) is 38.0 Å². The third kappa shape index (κ3) is 4.54. The Morgan fingerprint density at radius 3 is 2.62 bits per heavy atom. The van der Waals surface area contributed by atoms with Crippen LogP contribution in [0.15, 0.2) is 41.4 Å². The first-order chi connectivity index (χ1) is 16.3. The van der Waals surface area contributed by atoms with E-state index < -0.39 is 9.84 Å². The number of methoxy groups -OCH3 is 2. The van der Waals surface area contributed by atoms with Gasteiger partial charge < -0.3 is 23.8 Å². The quantitative estimate of drug-likeness (QED) is 0.586. The highest BCUT2D eigenvalue weighted by Crippen LogP contribution is 2.40. The molecule has 9 nitrogen and oxygen atoms in total. The zero-order valence-corrected chi connectivity index (χ0v) is 20.4. The molecule has 0 N–H and O–H groups in total. The van der Waals surface area contributed by atoms with Crippen LogP contribution in [0, 0.1) is 0 Å². The van der Waals surface area contributed by atoms with Crippen LogP contribution in [0.5, 0.6) is 23.0 Å². The third-order valence-electron chi connectivity index (χ3n) is 5.99. The van der Waals surface area contributed by atoms with Crippen molar-refractivity contribution >= 4 is 32.7 Å². The van der Waals surface area contributed by atoms with Crippen molar-refractivity contribution in [2.24, 2.45) is 4.99 Å². The predicted octanol–water partition coefficient (Wildman–Crippen LogP) is 2.27. The summed E-state index contributed by atoms with van der Waals surface area (Å²) in [6.45, 7) is 0.599. The van der Waals surface area contributed by atoms with Gasteiger partial charge >= 0.3 is 0 Å². The second kappa shape index (κ2) is 9.03. The maximum Gasteiger partial charge on any atom is 0.252 e. The van der Waals surface area contributed by atoms with Gasteiger partial charge in [0.25, 0.3) is 5.91 Å². The molecule has 5 rings (SSSR count). The summed E-state index contributed by atoms with van der Waals surface area (Å²) in [5.41, 5.74) is 1.68. The van der Waals surface area contributed by atoms with Crippen LogP contribution in [0.3, 0.4) is 0 Å². The van der Waals surface area contributed by atoms with Gasteiger partial charge in [0, 0.05) is 11.8 Å². The molecule has 2 aromatic rings. The fourth-order valence-corrected chi connectivity index (χ4v) is 8.34. The lowest BCUT2D eigenvalue weighted by Crippen LogP contribution is -2.37. The summed E-state index contributed by atoms with van der Waals surface area (Å²) in [6, 6.07) is 10.7. The fourth-order valence-electron chi connectivity index (χ4n) is 4.37. The maximum absolute atomic E-state index is 12.9. The number of hydrogen-bond acceptors (Lipinski definition) is 8. The van der Waals surface area contributed by atoms with Gasteiger partial charge in [-0.05, 0) is 35.4 Å². The minimum absolute atomic E-state index is 0.0537. The summed E-state index contributed by atoms with van der Waals surface area (Å²) in [5.74, 6) is 2.29. The number of thioether (sulfide) groups is 1. The molecule has 0 aromatic heterocycles. The Hall–Kier alpha value is -2.92. The Morgan fingerprint density at radius 1 is 1.06 bits per heavy atom. The normalized spacial score (nSPS) is 23.2. The van der Waals surface area contributed by atoms with Gasteiger partial charge in [-0.25, -0.2) is 8.42 Å². The molecule has 3 aliphatic heterocycles.